The first-order valence-corrected chi connectivity index (χ1v) is 7.04. The number of carbonyl (C=O) groups is 2. The summed E-state index contributed by atoms with van der Waals surface area (Å²) in [5.74, 6) is -1.70. The van der Waals surface area contributed by atoms with Gasteiger partial charge in [-0.05, 0) is 11.6 Å². The summed E-state index contributed by atoms with van der Waals surface area (Å²) in [5.41, 5.74) is 0.555. The summed E-state index contributed by atoms with van der Waals surface area (Å²) in [6, 6.07) is 10.7. The summed E-state index contributed by atoms with van der Waals surface area (Å²) >= 11 is 0. The van der Waals surface area contributed by atoms with Gasteiger partial charge in [0.25, 0.3) is 5.56 Å². The highest BCUT2D eigenvalue weighted by Crippen LogP contribution is 2.08. The van der Waals surface area contributed by atoms with Crippen molar-refractivity contribution in [1.82, 2.24) is 9.78 Å². The third-order valence-electron chi connectivity index (χ3n) is 3.19. The molecule has 0 saturated carbocycles. The van der Waals surface area contributed by atoms with E-state index in [2.05, 4.69) is 14.6 Å². The second-order valence-corrected chi connectivity index (χ2v) is 4.81. The Morgan fingerprint density at radius 3 is 2.29 bits per heavy atom. The van der Waals surface area contributed by atoms with Crippen LogP contribution in [0.15, 0.2) is 53.0 Å². The fraction of sp³-hybridized carbons (Fsp3) is 0.176. The molecule has 1 aromatic heterocycles. The molecule has 7 heteroatoms. The molecular formula is C17H16N2O5. The van der Waals surface area contributed by atoms with Crippen LogP contribution >= 0.6 is 0 Å². The standard InChI is InChI=1S/C17H16N2O5/c1-23-16(21)14(17(22)24-2)8-13-9-15(20)19(18-10-13)11-12-6-4-3-5-7-12/h3-10H,11H2,1-2H3. The van der Waals surface area contributed by atoms with Crippen molar-refractivity contribution in [3.8, 4) is 0 Å². The molecule has 7 nitrogen and oxygen atoms in total. The number of hydrogen-bond donors (Lipinski definition) is 0. The summed E-state index contributed by atoms with van der Waals surface area (Å²) < 4.78 is 10.3. The van der Waals surface area contributed by atoms with Crippen molar-refractivity contribution in [3.05, 3.63) is 69.6 Å². The minimum Gasteiger partial charge on any atom is -0.465 e. The number of rotatable bonds is 5. The molecular weight excluding hydrogens is 312 g/mol. The van der Waals surface area contributed by atoms with Gasteiger partial charge < -0.3 is 9.47 Å². The third-order valence-corrected chi connectivity index (χ3v) is 3.19. The van der Waals surface area contributed by atoms with Crippen LogP contribution in [0.1, 0.15) is 11.1 Å². The predicted octanol–water partition coefficient (Wildman–Crippen LogP) is 1.02. The van der Waals surface area contributed by atoms with Crippen LogP contribution in [-0.4, -0.2) is 35.9 Å². The molecule has 0 fully saturated rings. The van der Waals surface area contributed by atoms with Crippen molar-refractivity contribution in [3.63, 3.8) is 0 Å². The number of ether oxygens (including phenoxy) is 2. The normalized spacial score (nSPS) is 9.92. The van der Waals surface area contributed by atoms with E-state index in [4.69, 9.17) is 0 Å². The van der Waals surface area contributed by atoms with Crippen LogP contribution in [0.3, 0.4) is 0 Å². The van der Waals surface area contributed by atoms with Crippen molar-refractivity contribution in [2.24, 2.45) is 0 Å². The number of carbonyl (C=O) groups excluding carboxylic acids is 2. The largest absolute Gasteiger partial charge is 0.465 e. The molecule has 0 atom stereocenters. The summed E-state index contributed by atoms with van der Waals surface area (Å²) in [6.45, 7) is 0.324. The fourth-order valence-corrected chi connectivity index (χ4v) is 1.99. The average Bonchev–Trinajstić information content (AvgIpc) is 2.61. The minimum absolute atomic E-state index is 0.301. The highest BCUT2D eigenvalue weighted by molar-refractivity contribution is 6.17. The Balaban J connectivity index is 2.31. The van der Waals surface area contributed by atoms with Gasteiger partial charge in [0, 0.05) is 11.6 Å². The molecule has 0 aliphatic rings. The molecule has 1 heterocycles. The van der Waals surface area contributed by atoms with E-state index in [0.717, 1.165) is 19.8 Å². The summed E-state index contributed by atoms with van der Waals surface area (Å²) in [4.78, 5) is 35.4. The first-order valence-electron chi connectivity index (χ1n) is 7.04. The van der Waals surface area contributed by atoms with E-state index >= 15 is 0 Å². The van der Waals surface area contributed by atoms with E-state index in [9.17, 15) is 14.4 Å². The van der Waals surface area contributed by atoms with Gasteiger partial charge >= 0.3 is 11.9 Å². The van der Waals surface area contributed by atoms with Gasteiger partial charge in [-0.25, -0.2) is 14.3 Å². The summed E-state index contributed by atoms with van der Waals surface area (Å²) in [5, 5.41) is 4.05. The zero-order valence-corrected chi connectivity index (χ0v) is 13.3. The number of methoxy groups -OCH3 is 2. The molecule has 0 unspecified atom stereocenters. The zero-order valence-electron chi connectivity index (χ0n) is 13.3. The Bertz CT molecular complexity index is 806. The van der Waals surface area contributed by atoms with Crippen molar-refractivity contribution >= 4 is 18.0 Å². The number of hydrogen-bond acceptors (Lipinski definition) is 6. The van der Waals surface area contributed by atoms with Crippen molar-refractivity contribution < 1.29 is 19.1 Å². The van der Waals surface area contributed by atoms with E-state index in [-0.39, 0.29) is 11.1 Å². The van der Waals surface area contributed by atoms with Crippen LogP contribution in [0.2, 0.25) is 0 Å². The lowest BCUT2D eigenvalue weighted by Gasteiger charge is -2.06. The lowest BCUT2D eigenvalue weighted by Crippen LogP contribution is -2.23. The smallest absolute Gasteiger partial charge is 0.345 e. The molecule has 0 amide bonds. The van der Waals surface area contributed by atoms with Gasteiger partial charge in [0.05, 0.1) is 27.0 Å². The molecule has 0 bridgehead atoms. The van der Waals surface area contributed by atoms with Crippen molar-refractivity contribution in [1.29, 1.82) is 0 Å². The molecule has 0 radical (unpaired) electrons. The first kappa shape index (κ1) is 17.1. The summed E-state index contributed by atoms with van der Waals surface area (Å²) in [7, 11) is 2.30. The second kappa shape index (κ2) is 7.87. The van der Waals surface area contributed by atoms with E-state index in [0.29, 0.717) is 12.1 Å². The highest BCUT2D eigenvalue weighted by atomic mass is 16.5. The fourth-order valence-electron chi connectivity index (χ4n) is 1.99. The quantitative estimate of drug-likeness (QED) is 0.352. The topological polar surface area (TPSA) is 87.5 Å². The molecule has 2 rings (SSSR count). The lowest BCUT2D eigenvalue weighted by molar-refractivity contribution is -0.143. The molecule has 24 heavy (non-hydrogen) atoms. The Morgan fingerprint density at radius 1 is 1.12 bits per heavy atom. The van der Waals surface area contributed by atoms with E-state index in [1.807, 2.05) is 30.3 Å². The molecule has 1 aromatic carbocycles. The van der Waals surface area contributed by atoms with E-state index in [1.165, 1.54) is 23.0 Å². The average molecular weight is 328 g/mol. The van der Waals surface area contributed by atoms with E-state index < -0.39 is 11.9 Å². The number of benzene rings is 1. The third kappa shape index (κ3) is 4.16. The van der Waals surface area contributed by atoms with Crippen LogP contribution in [0.4, 0.5) is 0 Å². The maximum absolute atomic E-state index is 12.1. The molecule has 124 valence electrons. The Hall–Kier alpha value is -3.22. The van der Waals surface area contributed by atoms with Gasteiger partial charge in [0.15, 0.2) is 0 Å². The molecule has 0 N–H and O–H groups in total. The Labute approximate surface area is 138 Å². The van der Waals surface area contributed by atoms with Gasteiger partial charge in [-0.3, -0.25) is 4.79 Å². The second-order valence-electron chi connectivity index (χ2n) is 4.81. The lowest BCUT2D eigenvalue weighted by atomic mass is 10.2. The number of esters is 2. The Morgan fingerprint density at radius 2 is 1.75 bits per heavy atom. The van der Waals surface area contributed by atoms with Crippen LogP contribution in [-0.2, 0) is 25.6 Å². The van der Waals surface area contributed by atoms with Crippen LogP contribution in [0.5, 0.6) is 0 Å². The SMILES string of the molecule is COC(=O)C(=Cc1cnn(Cc2ccccc2)c(=O)c1)C(=O)OC. The van der Waals surface area contributed by atoms with Crippen LogP contribution in [0, 0.1) is 0 Å². The maximum atomic E-state index is 12.1. The van der Waals surface area contributed by atoms with Gasteiger partial charge in [-0.2, -0.15) is 5.10 Å². The van der Waals surface area contributed by atoms with Gasteiger partial charge in [0.2, 0.25) is 0 Å². The van der Waals surface area contributed by atoms with E-state index in [1.54, 1.807) is 0 Å². The minimum atomic E-state index is -0.852. The number of aromatic nitrogens is 2. The number of nitrogens with zero attached hydrogens (tertiary/aromatic N) is 2. The van der Waals surface area contributed by atoms with Crippen LogP contribution in [0.25, 0.3) is 6.08 Å². The molecule has 0 spiro atoms. The maximum Gasteiger partial charge on any atom is 0.345 e. The molecule has 0 saturated heterocycles. The molecule has 0 aliphatic heterocycles. The molecule has 0 aliphatic carbocycles. The van der Waals surface area contributed by atoms with Gasteiger partial charge in [-0.1, -0.05) is 30.3 Å². The van der Waals surface area contributed by atoms with Crippen molar-refractivity contribution in [2.45, 2.75) is 6.54 Å². The Kier molecular flexibility index (Phi) is 5.62. The highest BCUT2D eigenvalue weighted by Gasteiger charge is 2.19. The van der Waals surface area contributed by atoms with Crippen molar-refractivity contribution in [2.75, 3.05) is 14.2 Å². The molecule has 2 aromatic rings. The predicted molar refractivity (Wildman–Crippen MR) is 86.1 cm³/mol. The zero-order chi connectivity index (χ0) is 17.5. The first-order chi connectivity index (χ1) is 11.5. The monoisotopic (exact) mass is 328 g/mol. The van der Waals surface area contributed by atoms with Gasteiger partial charge in [-0.15, -0.1) is 0 Å². The summed E-state index contributed by atoms with van der Waals surface area (Å²) in [6.07, 6.45) is 2.59. The van der Waals surface area contributed by atoms with Gasteiger partial charge in [0.1, 0.15) is 5.57 Å². The van der Waals surface area contributed by atoms with Crippen LogP contribution < -0.4 is 5.56 Å².